The van der Waals surface area contributed by atoms with Gasteiger partial charge in [0.15, 0.2) is 0 Å². The molecule has 0 heterocycles. The van der Waals surface area contributed by atoms with Gasteiger partial charge in [-0.15, -0.1) is 0 Å². The van der Waals surface area contributed by atoms with E-state index in [0.717, 1.165) is 11.5 Å². The molecule has 2 rings (SSSR count). The molecule has 1 aliphatic carbocycles. The van der Waals surface area contributed by atoms with E-state index < -0.39 is 0 Å². The molecule has 1 aliphatic rings. The smallest absolute Gasteiger partial charge is 0.123 e. The van der Waals surface area contributed by atoms with Gasteiger partial charge in [0.2, 0.25) is 0 Å². The second kappa shape index (κ2) is 5.63. The molecular weight excluding hydrogens is 213 g/mol. The molecule has 0 amide bonds. The van der Waals surface area contributed by atoms with Crippen LogP contribution in [-0.2, 0) is 0 Å². The average molecular weight is 235 g/mol. The zero-order chi connectivity index (χ0) is 12.3. The maximum atomic E-state index is 13.1. The zero-order valence-electron chi connectivity index (χ0n) is 10.7. The predicted octanol–water partition coefficient (Wildman–Crippen LogP) is 4.06. The summed E-state index contributed by atoms with van der Waals surface area (Å²) >= 11 is 0. The van der Waals surface area contributed by atoms with Crippen LogP contribution in [0.25, 0.3) is 0 Å². The van der Waals surface area contributed by atoms with Crippen molar-refractivity contribution < 1.29 is 4.39 Å². The second-order valence-corrected chi connectivity index (χ2v) is 5.38. The lowest BCUT2D eigenvalue weighted by molar-refractivity contribution is 0.259. The summed E-state index contributed by atoms with van der Waals surface area (Å²) in [5.74, 6) is 0.764. The molecule has 0 bridgehead atoms. The Morgan fingerprint density at radius 2 is 2.12 bits per heavy atom. The van der Waals surface area contributed by atoms with Crippen LogP contribution in [0.4, 0.5) is 4.39 Å². The summed E-state index contributed by atoms with van der Waals surface area (Å²) in [5, 5.41) is 3.56. The van der Waals surface area contributed by atoms with Crippen LogP contribution in [0.5, 0.6) is 0 Å². The Morgan fingerprint density at radius 1 is 1.35 bits per heavy atom. The van der Waals surface area contributed by atoms with Crippen LogP contribution in [0.15, 0.2) is 24.3 Å². The molecule has 1 aromatic carbocycles. The van der Waals surface area contributed by atoms with Gasteiger partial charge in [0.1, 0.15) is 5.82 Å². The number of hydrogen-bond acceptors (Lipinski definition) is 1. The van der Waals surface area contributed by atoms with Gasteiger partial charge < -0.3 is 5.32 Å². The fraction of sp³-hybridized carbons (Fsp3) is 0.600. The van der Waals surface area contributed by atoms with Gasteiger partial charge in [-0.2, -0.15) is 0 Å². The van der Waals surface area contributed by atoms with Crippen molar-refractivity contribution in [1.82, 2.24) is 5.32 Å². The standard InChI is InChI=1S/C15H22FN/c1-11(9-13-5-3-6-13)17-12(2)14-7-4-8-15(16)10-14/h4,7-8,10-13,17H,3,5-6,9H2,1-2H3/t11?,12-/m1/s1. The highest BCUT2D eigenvalue weighted by molar-refractivity contribution is 5.19. The first-order valence-electron chi connectivity index (χ1n) is 6.66. The van der Waals surface area contributed by atoms with Gasteiger partial charge in [0, 0.05) is 12.1 Å². The quantitative estimate of drug-likeness (QED) is 0.811. The molecule has 1 unspecified atom stereocenters. The topological polar surface area (TPSA) is 12.0 Å². The zero-order valence-corrected chi connectivity index (χ0v) is 10.7. The summed E-state index contributed by atoms with van der Waals surface area (Å²) in [5.41, 5.74) is 1.03. The Balaban J connectivity index is 1.84. The van der Waals surface area contributed by atoms with Gasteiger partial charge >= 0.3 is 0 Å². The van der Waals surface area contributed by atoms with Crippen LogP contribution >= 0.6 is 0 Å². The molecule has 0 saturated heterocycles. The Labute approximate surface area is 103 Å². The fourth-order valence-corrected chi connectivity index (χ4v) is 2.60. The molecule has 94 valence electrons. The molecule has 2 heteroatoms. The molecule has 0 aromatic heterocycles. The highest BCUT2D eigenvalue weighted by atomic mass is 19.1. The predicted molar refractivity (Wildman–Crippen MR) is 69.4 cm³/mol. The normalized spacial score (nSPS) is 19.7. The Morgan fingerprint density at radius 3 is 2.71 bits per heavy atom. The molecule has 1 aromatic rings. The fourth-order valence-electron chi connectivity index (χ4n) is 2.60. The summed E-state index contributed by atoms with van der Waals surface area (Å²) in [4.78, 5) is 0. The summed E-state index contributed by atoms with van der Waals surface area (Å²) in [7, 11) is 0. The van der Waals surface area contributed by atoms with Gasteiger partial charge in [-0.05, 0) is 43.9 Å². The van der Waals surface area contributed by atoms with E-state index in [4.69, 9.17) is 0 Å². The van der Waals surface area contributed by atoms with E-state index in [9.17, 15) is 4.39 Å². The molecule has 1 nitrogen and oxygen atoms in total. The second-order valence-electron chi connectivity index (χ2n) is 5.38. The largest absolute Gasteiger partial charge is 0.308 e. The van der Waals surface area contributed by atoms with Crippen LogP contribution in [0, 0.1) is 11.7 Å². The minimum Gasteiger partial charge on any atom is -0.308 e. The van der Waals surface area contributed by atoms with Crippen molar-refractivity contribution in [3.63, 3.8) is 0 Å². The van der Waals surface area contributed by atoms with Gasteiger partial charge in [0.05, 0.1) is 0 Å². The van der Waals surface area contributed by atoms with E-state index in [-0.39, 0.29) is 11.9 Å². The minimum atomic E-state index is -0.150. The Bertz CT molecular complexity index is 360. The average Bonchev–Trinajstić information content (AvgIpc) is 2.23. The molecule has 0 spiro atoms. The van der Waals surface area contributed by atoms with Crippen LogP contribution in [0.2, 0.25) is 0 Å². The number of rotatable bonds is 5. The molecule has 17 heavy (non-hydrogen) atoms. The van der Waals surface area contributed by atoms with E-state index in [1.165, 1.54) is 31.7 Å². The van der Waals surface area contributed by atoms with Crippen molar-refractivity contribution in [3.8, 4) is 0 Å². The van der Waals surface area contributed by atoms with Crippen LogP contribution < -0.4 is 5.32 Å². The first-order valence-corrected chi connectivity index (χ1v) is 6.66. The SMILES string of the molecule is CC(CC1CCC1)N[C@H](C)c1cccc(F)c1. The van der Waals surface area contributed by atoms with E-state index in [1.807, 2.05) is 6.07 Å². The van der Waals surface area contributed by atoms with Gasteiger partial charge in [-0.25, -0.2) is 4.39 Å². The van der Waals surface area contributed by atoms with Crippen molar-refractivity contribution in [3.05, 3.63) is 35.6 Å². The minimum absolute atomic E-state index is 0.150. The van der Waals surface area contributed by atoms with Crippen LogP contribution in [0.3, 0.4) is 0 Å². The van der Waals surface area contributed by atoms with E-state index in [1.54, 1.807) is 12.1 Å². The summed E-state index contributed by atoms with van der Waals surface area (Å²) in [6, 6.07) is 7.61. The molecular formula is C15H22FN. The summed E-state index contributed by atoms with van der Waals surface area (Å²) in [6.45, 7) is 4.33. The third kappa shape index (κ3) is 3.53. The molecule has 0 radical (unpaired) electrons. The summed E-state index contributed by atoms with van der Waals surface area (Å²) in [6.07, 6.45) is 5.43. The van der Waals surface area contributed by atoms with E-state index in [0.29, 0.717) is 6.04 Å². The highest BCUT2D eigenvalue weighted by Gasteiger charge is 2.20. The first-order chi connectivity index (χ1) is 8.15. The van der Waals surface area contributed by atoms with E-state index >= 15 is 0 Å². The van der Waals surface area contributed by atoms with Crippen molar-refractivity contribution >= 4 is 0 Å². The molecule has 2 atom stereocenters. The maximum Gasteiger partial charge on any atom is 0.123 e. The Hall–Kier alpha value is -0.890. The number of nitrogens with one attached hydrogen (secondary N) is 1. The molecule has 1 fully saturated rings. The van der Waals surface area contributed by atoms with Crippen molar-refractivity contribution in [2.45, 2.75) is 51.6 Å². The Kier molecular flexibility index (Phi) is 4.16. The number of halogens is 1. The lowest BCUT2D eigenvalue weighted by Gasteiger charge is -2.30. The lowest BCUT2D eigenvalue weighted by Crippen LogP contribution is -2.32. The van der Waals surface area contributed by atoms with Crippen molar-refractivity contribution in [2.24, 2.45) is 5.92 Å². The lowest BCUT2D eigenvalue weighted by atomic mass is 9.81. The van der Waals surface area contributed by atoms with Gasteiger partial charge in [0.25, 0.3) is 0 Å². The maximum absolute atomic E-state index is 13.1. The highest BCUT2D eigenvalue weighted by Crippen LogP contribution is 2.30. The monoisotopic (exact) mass is 235 g/mol. The third-order valence-corrected chi connectivity index (χ3v) is 3.79. The van der Waals surface area contributed by atoms with Crippen molar-refractivity contribution in [2.75, 3.05) is 0 Å². The van der Waals surface area contributed by atoms with Crippen LogP contribution in [-0.4, -0.2) is 6.04 Å². The first kappa shape index (κ1) is 12.6. The molecule has 0 aliphatic heterocycles. The third-order valence-electron chi connectivity index (χ3n) is 3.79. The summed E-state index contributed by atoms with van der Waals surface area (Å²) < 4.78 is 13.1. The van der Waals surface area contributed by atoms with Gasteiger partial charge in [-0.1, -0.05) is 31.4 Å². The number of hydrogen-bond donors (Lipinski definition) is 1. The van der Waals surface area contributed by atoms with Crippen LogP contribution in [0.1, 0.15) is 51.1 Å². The number of benzene rings is 1. The molecule has 1 N–H and O–H groups in total. The van der Waals surface area contributed by atoms with Gasteiger partial charge in [-0.3, -0.25) is 0 Å². The van der Waals surface area contributed by atoms with Crippen molar-refractivity contribution in [1.29, 1.82) is 0 Å². The molecule has 1 saturated carbocycles. The van der Waals surface area contributed by atoms with E-state index in [2.05, 4.69) is 19.2 Å².